The zero-order valence-corrected chi connectivity index (χ0v) is 18.1. The Morgan fingerprint density at radius 2 is 1.81 bits per heavy atom. The minimum Gasteiger partial charge on any atom is -0.456 e. The Morgan fingerprint density at radius 3 is 2.52 bits per heavy atom. The Morgan fingerprint density at radius 1 is 1.10 bits per heavy atom. The van der Waals surface area contributed by atoms with Gasteiger partial charge in [0.1, 0.15) is 11.6 Å². The van der Waals surface area contributed by atoms with Crippen molar-refractivity contribution in [2.75, 3.05) is 13.2 Å². The molecule has 1 aliphatic rings. The number of fused-ring (bicyclic) bond motifs is 1. The normalized spacial score (nSPS) is 17.2. The molecule has 0 saturated carbocycles. The second-order valence-corrected chi connectivity index (χ2v) is 9.56. The van der Waals surface area contributed by atoms with Crippen LogP contribution in [0, 0.1) is 13.8 Å². The number of furan rings is 1. The molecule has 0 aliphatic carbocycles. The van der Waals surface area contributed by atoms with Crippen LogP contribution in [0.4, 0.5) is 0 Å². The maximum absolute atomic E-state index is 13.0. The van der Waals surface area contributed by atoms with Gasteiger partial charge in [-0.3, -0.25) is 9.59 Å². The lowest BCUT2D eigenvalue weighted by molar-refractivity contribution is -0.146. The van der Waals surface area contributed by atoms with Gasteiger partial charge in [-0.15, -0.1) is 0 Å². The third-order valence-corrected chi connectivity index (χ3v) is 7.47. The quantitative estimate of drug-likeness (QED) is 0.428. The van der Waals surface area contributed by atoms with E-state index in [9.17, 15) is 18.0 Å². The van der Waals surface area contributed by atoms with Crippen molar-refractivity contribution in [2.24, 2.45) is 0 Å². The predicted molar refractivity (Wildman–Crippen MR) is 114 cm³/mol. The molecule has 2 heterocycles. The molecular weight excluding hydrogens is 418 g/mol. The first-order chi connectivity index (χ1) is 14.8. The molecule has 3 aromatic rings. The third-order valence-electron chi connectivity index (χ3n) is 5.55. The molecule has 1 fully saturated rings. The lowest BCUT2D eigenvalue weighted by Crippen LogP contribution is -2.41. The van der Waals surface area contributed by atoms with E-state index in [1.807, 2.05) is 25.1 Å². The van der Waals surface area contributed by atoms with Gasteiger partial charge >= 0.3 is 5.97 Å². The van der Waals surface area contributed by atoms with Crippen molar-refractivity contribution in [2.45, 2.75) is 37.6 Å². The maximum atomic E-state index is 13.0. The first kappa shape index (κ1) is 21.3. The molecule has 1 saturated heterocycles. The second-order valence-electron chi connectivity index (χ2n) is 7.67. The van der Waals surface area contributed by atoms with Gasteiger partial charge in [-0.2, -0.15) is 4.31 Å². The molecule has 0 bridgehead atoms. The highest BCUT2D eigenvalue weighted by molar-refractivity contribution is 7.89. The number of hydrogen-bond acceptors (Lipinski definition) is 6. The molecule has 0 radical (unpaired) electrons. The summed E-state index contributed by atoms with van der Waals surface area (Å²) < 4.78 is 38.0. The number of esters is 1. The second kappa shape index (κ2) is 8.28. The van der Waals surface area contributed by atoms with Crippen LogP contribution in [0.2, 0.25) is 0 Å². The summed E-state index contributed by atoms with van der Waals surface area (Å²) in [6.45, 7) is 3.36. The first-order valence-corrected chi connectivity index (χ1v) is 11.5. The highest BCUT2D eigenvalue weighted by atomic mass is 32.2. The van der Waals surface area contributed by atoms with Crippen molar-refractivity contribution >= 4 is 32.7 Å². The average molecular weight is 442 g/mol. The topological polar surface area (TPSA) is 93.9 Å². The number of para-hydroxylation sites is 1. The van der Waals surface area contributed by atoms with E-state index in [1.165, 1.54) is 12.1 Å². The van der Waals surface area contributed by atoms with Crippen LogP contribution in [0.25, 0.3) is 11.0 Å². The molecule has 2 aromatic carbocycles. The van der Waals surface area contributed by atoms with Gasteiger partial charge in [-0.1, -0.05) is 35.9 Å². The summed E-state index contributed by atoms with van der Waals surface area (Å²) in [5, 5.41) is 0.823. The molecule has 1 aromatic heterocycles. The molecule has 7 nitrogen and oxygen atoms in total. The number of ketones is 1. The van der Waals surface area contributed by atoms with Crippen molar-refractivity contribution in [1.29, 1.82) is 0 Å². The Hall–Kier alpha value is -2.97. The van der Waals surface area contributed by atoms with Crippen LogP contribution < -0.4 is 0 Å². The standard InChI is InChI=1S/C23H23NO6S/c1-15-9-11-17(12-10-15)31(27,28)24-13-5-7-19(24)23(26)29-14-20(25)22-16(2)18-6-3-4-8-21(18)30-22/h3-4,6,8-12,19H,5,7,13-14H2,1-2H3/t19-/m0/s1. The van der Waals surface area contributed by atoms with Gasteiger partial charge in [-0.25, -0.2) is 8.42 Å². The van der Waals surface area contributed by atoms with Gasteiger partial charge in [-0.05, 0) is 44.9 Å². The van der Waals surface area contributed by atoms with Crippen molar-refractivity contribution in [3.63, 3.8) is 0 Å². The lowest BCUT2D eigenvalue weighted by Gasteiger charge is -2.22. The van der Waals surface area contributed by atoms with E-state index >= 15 is 0 Å². The number of benzene rings is 2. The number of carbonyl (C=O) groups is 2. The molecule has 1 aliphatic heterocycles. The maximum Gasteiger partial charge on any atom is 0.324 e. The molecular formula is C23H23NO6S. The van der Waals surface area contributed by atoms with Gasteiger partial charge in [0.2, 0.25) is 15.8 Å². The number of carbonyl (C=O) groups excluding carboxylic acids is 2. The van der Waals surface area contributed by atoms with Crippen molar-refractivity contribution < 1.29 is 27.2 Å². The SMILES string of the molecule is Cc1ccc(S(=O)(=O)N2CCC[C@H]2C(=O)OCC(=O)c2oc3ccccc3c2C)cc1. The summed E-state index contributed by atoms with van der Waals surface area (Å²) >= 11 is 0. The van der Waals surface area contributed by atoms with E-state index in [-0.39, 0.29) is 17.2 Å². The largest absolute Gasteiger partial charge is 0.456 e. The summed E-state index contributed by atoms with van der Waals surface area (Å²) in [5.74, 6) is -1.05. The summed E-state index contributed by atoms with van der Waals surface area (Å²) in [5.41, 5.74) is 2.21. The zero-order valence-electron chi connectivity index (χ0n) is 17.3. The zero-order chi connectivity index (χ0) is 22.2. The molecule has 0 amide bonds. The van der Waals surface area contributed by atoms with E-state index in [4.69, 9.17) is 9.15 Å². The number of Topliss-reactive ketones (excluding diaryl/α,β-unsaturated/α-hetero) is 1. The number of hydrogen-bond donors (Lipinski definition) is 0. The van der Waals surface area contributed by atoms with E-state index < -0.39 is 34.4 Å². The van der Waals surface area contributed by atoms with Crippen LogP contribution in [0.3, 0.4) is 0 Å². The number of nitrogens with zero attached hydrogens (tertiary/aromatic N) is 1. The lowest BCUT2D eigenvalue weighted by atomic mass is 10.1. The summed E-state index contributed by atoms with van der Waals surface area (Å²) in [7, 11) is -3.84. The van der Waals surface area contributed by atoms with E-state index in [0.717, 1.165) is 15.3 Å². The summed E-state index contributed by atoms with van der Waals surface area (Å²) in [6.07, 6.45) is 0.892. The summed E-state index contributed by atoms with van der Waals surface area (Å²) in [4.78, 5) is 25.4. The highest BCUT2D eigenvalue weighted by Gasteiger charge is 2.40. The van der Waals surface area contributed by atoms with Gasteiger partial charge in [0.15, 0.2) is 12.4 Å². The van der Waals surface area contributed by atoms with Crippen LogP contribution in [0.1, 0.15) is 34.5 Å². The molecule has 8 heteroatoms. The van der Waals surface area contributed by atoms with Crippen molar-refractivity contribution in [3.8, 4) is 0 Å². The van der Waals surface area contributed by atoms with Crippen LogP contribution in [0.5, 0.6) is 0 Å². The summed E-state index contributed by atoms with van der Waals surface area (Å²) in [6, 6.07) is 12.8. The van der Waals surface area contributed by atoms with Crippen molar-refractivity contribution in [3.05, 3.63) is 65.4 Å². The Labute approximate surface area is 180 Å². The number of ether oxygens (including phenoxy) is 1. The van der Waals surface area contributed by atoms with Crippen LogP contribution in [0.15, 0.2) is 57.8 Å². The van der Waals surface area contributed by atoms with E-state index in [1.54, 1.807) is 25.1 Å². The molecule has 0 N–H and O–H groups in total. The molecule has 31 heavy (non-hydrogen) atoms. The van der Waals surface area contributed by atoms with Gasteiger partial charge in [0, 0.05) is 17.5 Å². The molecule has 4 rings (SSSR count). The molecule has 0 spiro atoms. The number of sulfonamides is 1. The molecule has 0 unspecified atom stereocenters. The minimum atomic E-state index is -3.84. The Bertz CT molecular complexity index is 1240. The smallest absolute Gasteiger partial charge is 0.324 e. The van der Waals surface area contributed by atoms with Crippen LogP contribution >= 0.6 is 0 Å². The van der Waals surface area contributed by atoms with Crippen LogP contribution in [-0.2, 0) is 19.6 Å². The fraction of sp³-hybridized carbons (Fsp3) is 0.304. The van der Waals surface area contributed by atoms with E-state index in [2.05, 4.69) is 0 Å². The third kappa shape index (κ3) is 4.00. The first-order valence-electron chi connectivity index (χ1n) is 10.1. The fourth-order valence-corrected chi connectivity index (χ4v) is 5.49. The Balaban J connectivity index is 1.47. The average Bonchev–Trinajstić information content (AvgIpc) is 3.38. The number of rotatable bonds is 6. The van der Waals surface area contributed by atoms with Gasteiger partial charge in [0.05, 0.1) is 4.90 Å². The van der Waals surface area contributed by atoms with Gasteiger partial charge in [0.25, 0.3) is 0 Å². The van der Waals surface area contributed by atoms with E-state index in [0.29, 0.717) is 24.0 Å². The highest BCUT2D eigenvalue weighted by Crippen LogP contribution is 2.28. The molecule has 162 valence electrons. The van der Waals surface area contributed by atoms with Crippen LogP contribution in [-0.4, -0.2) is 43.7 Å². The monoisotopic (exact) mass is 441 g/mol. The predicted octanol–water partition coefficient (Wildman–Crippen LogP) is 3.63. The van der Waals surface area contributed by atoms with Gasteiger partial charge < -0.3 is 9.15 Å². The fourth-order valence-electron chi connectivity index (χ4n) is 3.85. The van der Waals surface area contributed by atoms with Crippen molar-refractivity contribution in [1.82, 2.24) is 4.31 Å². The minimum absolute atomic E-state index is 0.131. The molecule has 1 atom stereocenters. The number of aryl methyl sites for hydroxylation is 2. The Kier molecular flexibility index (Phi) is 5.68.